The Morgan fingerprint density at radius 1 is 0.622 bits per heavy atom. The number of ether oxygens (including phenoxy) is 6. The predicted octanol–water partition coefficient (Wildman–Crippen LogP) is -9.91. The van der Waals surface area contributed by atoms with Crippen LogP contribution in [0.4, 0.5) is 0 Å². The van der Waals surface area contributed by atoms with E-state index in [1.165, 1.54) is 0 Å². The minimum absolute atomic E-state index is 0.0957. The van der Waals surface area contributed by atoms with E-state index in [4.69, 9.17) is 28.4 Å². The minimum atomic E-state index is -2.14. The summed E-state index contributed by atoms with van der Waals surface area (Å²) in [7, 11) is 0. The number of rotatable bonds is 14. The SMILES string of the molecule is O=C[C@H](O)[C@@H](O)C(O[C@H]1O[C@H](CO)C(O[C@H]2OC(CO[C@H]3O[C@H](CO)[C@@H](O)[C@H](O)[C@H]3O)[C@@H](O)[C@H](O)[C@H]2O)[C@H](O)[C@H]1O)[C@H](O)CO. The Kier molecular flexibility index (Phi) is 14.3. The summed E-state index contributed by atoms with van der Waals surface area (Å²) in [6, 6.07) is 0. The predicted molar refractivity (Wildman–Crippen MR) is 135 cm³/mol. The first kappa shape index (κ1) is 38.3. The van der Waals surface area contributed by atoms with E-state index in [2.05, 4.69) is 0 Å². The molecule has 0 radical (unpaired) electrons. The van der Waals surface area contributed by atoms with E-state index in [0.717, 1.165) is 0 Å². The summed E-state index contributed by atoms with van der Waals surface area (Å²) in [6.45, 7) is -3.46. The molecule has 0 bridgehead atoms. The van der Waals surface area contributed by atoms with Gasteiger partial charge in [0.2, 0.25) is 0 Å². The highest BCUT2D eigenvalue weighted by Gasteiger charge is 2.52. The van der Waals surface area contributed by atoms with Gasteiger partial charge < -0.3 is 105 Å². The van der Waals surface area contributed by atoms with Crippen LogP contribution in [0.3, 0.4) is 0 Å². The van der Waals surface area contributed by atoms with Gasteiger partial charge in [-0.05, 0) is 0 Å². The van der Waals surface area contributed by atoms with E-state index < -0.39 is 143 Å². The number of carbonyl (C=O) groups is 1. The van der Waals surface area contributed by atoms with Crippen LogP contribution in [0, 0.1) is 0 Å². The van der Waals surface area contributed by atoms with Crippen LogP contribution in [-0.4, -0.2) is 221 Å². The zero-order chi connectivity index (χ0) is 33.7. The van der Waals surface area contributed by atoms with Gasteiger partial charge in [0.1, 0.15) is 97.7 Å². The Morgan fingerprint density at radius 3 is 1.69 bits per heavy atom. The highest BCUT2D eigenvalue weighted by atomic mass is 16.8. The van der Waals surface area contributed by atoms with E-state index in [0.29, 0.717) is 0 Å². The summed E-state index contributed by atoms with van der Waals surface area (Å²) in [5.41, 5.74) is 0. The van der Waals surface area contributed by atoms with Gasteiger partial charge in [-0.2, -0.15) is 0 Å². The first-order valence-electron chi connectivity index (χ1n) is 13.9. The van der Waals surface area contributed by atoms with Crippen LogP contribution in [-0.2, 0) is 33.2 Å². The smallest absolute Gasteiger partial charge is 0.187 e. The fraction of sp³-hybridized carbons (Fsp3) is 0.958. The largest absolute Gasteiger partial charge is 0.394 e. The van der Waals surface area contributed by atoms with Crippen molar-refractivity contribution in [1.29, 1.82) is 0 Å². The molecule has 45 heavy (non-hydrogen) atoms. The highest BCUT2D eigenvalue weighted by Crippen LogP contribution is 2.31. The third-order valence-corrected chi connectivity index (χ3v) is 7.74. The molecule has 3 heterocycles. The van der Waals surface area contributed by atoms with Gasteiger partial charge in [0.05, 0.1) is 26.4 Å². The zero-order valence-electron chi connectivity index (χ0n) is 23.5. The van der Waals surface area contributed by atoms with Crippen molar-refractivity contribution in [2.45, 2.75) is 117 Å². The third kappa shape index (κ3) is 8.48. The highest BCUT2D eigenvalue weighted by molar-refractivity contribution is 5.56. The molecule has 3 saturated heterocycles. The van der Waals surface area contributed by atoms with Crippen molar-refractivity contribution < 1.29 is 105 Å². The molecular weight excluding hydrogens is 624 g/mol. The molecule has 264 valence electrons. The molecule has 0 aromatic carbocycles. The van der Waals surface area contributed by atoms with Crippen molar-refractivity contribution in [3.8, 4) is 0 Å². The van der Waals surface area contributed by atoms with E-state index >= 15 is 0 Å². The van der Waals surface area contributed by atoms with Gasteiger partial charge >= 0.3 is 0 Å². The number of carbonyl (C=O) groups excluding carboxylic acids is 1. The molecule has 3 fully saturated rings. The van der Waals surface area contributed by atoms with Crippen LogP contribution in [0.15, 0.2) is 0 Å². The molecule has 3 aliphatic rings. The second-order valence-corrected chi connectivity index (χ2v) is 10.8. The third-order valence-electron chi connectivity index (χ3n) is 7.74. The topological polar surface area (TPSA) is 356 Å². The van der Waals surface area contributed by atoms with Crippen molar-refractivity contribution in [2.75, 3.05) is 26.4 Å². The van der Waals surface area contributed by atoms with E-state index in [-0.39, 0.29) is 6.29 Å². The lowest BCUT2D eigenvalue weighted by Crippen LogP contribution is -2.65. The molecule has 21 nitrogen and oxygen atoms in total. The van der Waals surface area contributed by atoms with Gasteiger partial charge in [-0.3, -0.25) is 0 Å². The molecule has 0 amide bonds. The number of aliphatic hydroxyl groups excluding tert-OH is 14. The molecule has 0 aromatic heterocycles. The maximum absolute atomic E-state index is 10.9. The van der Waals surface area contributed by atoms with Crippen LogP contribution in [0.1, 0.15) is 0 Å². The lowest BCUT2D eigenvalue weighted by atomic mass is 9.96. The Bertz CT molecular complexity index is 897. The molecule has 19 atom stereocenters. The summed E-state index contributed by atoms with van der Waals surface area (Å²) in [5, 5.41) is 141. The van der Waals surface area contributed by atoms with E-state index in [1.807, 2.05) is 0 Å². The molecular formula is C24H42O21. The minimum Gasteiger partial charge on any atom is -0.394 e. The van der Waals surface area contributed by atoms with Gasteiger partial charge in [0, 0.05) is 0 Å². The van der Waals surface area contributed by atoms with Crippen molar-refractivity contribution in [3.63, 3.8) is 0 Å². The summed E-state index contributed by atoms with van der Waals surface area (Å²) in [4.78, 5) is 10.9. The van der Waals surface area contributed by atoms with Gasteiger partial charge in [-0.15, -0.1) is 0 Å². The molecule has 3 unspecified atom stereocenters. The van der Waals surface area contributed by atoms with Gasteiger partial charge in [-0.25, -0.2) is 0 Å². The summed E-state index contributed by atoms with van der Waals surface area (Å²) >= 11 is 0. The lowest BCUT2D eigenvalue weighted by Gasteiger charge is -2.47. The fourth-order valence-electron chi connectivity index (χ4n) is 4.98. The molecule has 0 aliphatic carbocycles. The Hall–Kier alpha value is -1.13. The molecule has 0 aromatic rings. The molecule has 3 aliphatic heterocycles. The molecule has 0 spiro atoms. The van der Waals surface area contributed by atoms with Crippen molar-refractivity contribution in [3.05, 3.63) is 0 Å². The van der Waals surface area contributed by atoms with Crippen LogP contribution in [0.2, 0.25) is 0 Å². The van der Waals surface area contributed by atoms with E-state index in [9.17, 15) is 76.3 Å². The molecule has 0 saturated carbocycles. The monoisotopic (exact) mass is 666 g/mol. The number of hydrogen-bond acceptors (Lipinski definition) is 21. The van der Waals surface area contributed by atoms with Crippen molar-refractivity contribution in [2.24, 2.45) is 0 Å². The van der Waals surface area contributed by atoms with Crippen LogP contribution >= 0.6 is 0 Å². The van der Waals surface area contributed by atoms with Crippen molar-refractivity contribution >= 4 is 6.29 Å². The van der Waals surface area contributed by atoms with Crippen LogP contribution in [0.5, 0.6) is 0 Å². The quantitative estimate of drug-likeness (QED) is 0.0765. The average Bonchev–Trinajstić information content (AvgIpc) is 3.04. The number of aliphatic hydroxyl groups is 14. The fourth-order valence-corrected chi connectivity index (χ4v) is 4.98. The molecule has 21 heteroatoms. The Labute approximate surface area is 254 Å². The summed E-state index contributed by atoms with van der Waals surface area (Å²) in [6.07, 6.45) is -35.3. The second-order valence-electron chi connectivity index (χ2n) is 10.8. The van der Waals surface area contributed by atoms with Crippen LogP contribution in [0.25, 0.3) is 0 Å². The lowest BCUT2D eigenvalue weighted by molar-refractivity contribution is -0.371. The standard InChI is InChI=1S/C24H42O21/c25-1-6(29)11(31)20(7(30)2-26)44-24-19(39)16(36)21(9(4-28)42-24)45-23-18(38)15(35)13(33)10(43-23)5-40-22-17(37)14(34)12(32)8(3-27)41-22/h1,6-24,26-39H,2-5H2/t6-,7+,8+,9+,10?,11+,12+,13+,14-,15-,16+,17+,18+,19+,20?,21?,22-,23+,24+/m0/s1. The number of hydrogen-bond donors (Lipinski definition) is 14. The normalized spacial score (nSPS) is 45.4. The maximum atomic E-state index is 10.9. The Balaban J connectivity index is 1.70. The molecule has 14 N–H and O–H groups in total. The van der Waals surface area contributed by atoms with E-state index in [1.54, 1.807) is 0 Å². The summed E-state index contributed by atoms with van der Waals surface area (Å²) in [5.74, 6) is 0. The van der Waals surface area contributed by atoms with Gasteiger partial charge in [0.25, 0.3) is 0 Å². The molecule has 3 rings (SSSR count). The number of aldehydes is 1. The Morgan fingerprint density at radius 2 is 1.13 bits per heavy atom. The first-order chi connectivity index (χ1) is 21.2. The average molecular weight is 667 g/mol. The zero-order valence-corrected chi connectivity index (χ0v) is 23.5. The summed E-state index contributed by atoms with van der Waals surface area (Å²) < 4.78 is 32.2. The second kappa shape index (κ2) is 16.8. The maximum Gasteiger partial charge on any atom is 0.187 e. The first-order valence-corrected chi connectivity index (χ1v) is 13.9. The van der Waals surface area contributed by atoms with Gasteiger partial charge in [0.15, 0.2) is 25.2 Å². The van der Waals surface area contributed by atoms with Gasteiger partial charge in [-0.1, -0.05) is 0 Å². The van der Waals surface area contributed by atoms with Crippen molar-refractivity contribution in [1.82, 2.24) is 0 Å². The van der Waals surface area contributed by atoms with Crippen LogP contribution < -0.4 is 0 Å².